The van der Waals surface area contributed by atoms with E-state index in [0.717, 1.165) is 50.0 Å². The predicted octanol–water partition coefficient (Wildman–Crippen LogP) is 5.60. The van der Waals surface area contributed by atoms with Gasteiger partial charge in [-0.1, -0.05) is 56.8 Å². The number of nitrogens with zero attached hydrogens (tertiary/aromatic N) is 1. The first-order valence-corrected chi connectivity index (χ1v) is 10.2. The van der Waals surface area contributed by atoms with Crippen molar-refractivity contribution in [3.63, 3.8) is 0 Å². The number of carbonyl (C=O) groups is 1. The molecule has 1 N–H and O–H groups in total. The molecular formula is C22H29ClN2O2. The number of anilines is 1. The molecule has 146 valence electrons. The number of rotatable bonds is 9. The first kappa shape index (κ1) is 21.2. The summed E-state index contributed by atoms with van der Waals surface area (Å²) in [5.41, 5.74) is 2.28. The van der Waals surface area contributed by atoms with Crippen molar-refractivity contribution in [2.75, 3.05) is 5.32 Å². The molecule has 0 spiro atoms. The fraction of sp³-hybridized carbons (Fsp3) is 0.455. The van der Waals surface area contributed by atoms with Crippen LogP contribution in [0.5, 0.6) is 0 Å². The normalized spacial score (nSPS) is 10.8. The highest BCUT2D eigenvalue weighted by Crippen LogP contribution is 2.22. The van der Waals surface area contributed by atoms with Crippen LogP contribution in [0.15, 0.2) is 35.1 Å². The first-order valence-electron chi connectivity index (χ1n) is 9.78. The van der Waals surface area contributed by atoms with Crippen LogP contribution in [0.2, 0.25) is 5.02 Å². The van der Waals surface area contributed by atoms with Crippen LogP contribution in [0.4, 0.5) is 5.69 Å². The maximum Gasteiger partial charge on any atom is 0.261 e. The Hall–Kier alpha value is -2.07. The van der Waals surface area contributed by atoms with E-state index in [1.54, 1.807) is 30.3 Å². The quantitative estimate of drug-likeness (QED) is 0.569. The molecule has 0 aliphatic carbocycles. The molecular weight excluding hydrogens is 360 g/mol. The Morgan fingerprint density at radius 2 is 1.81 bits per heavy atom. The molecule has 0 saturated heterocycles. The highest BCUT2D eigenvalue weighted by Gasteiger charge is 2.20. The van der Waals surface area contributed by atoms with Gasteiger partial charge in [0.05, 0.1) is 10.7 Å². The van der Waals surface area contributed by atoms with Gasteiger partial charge in [-0.15, -0.1) is 0 Å². The molecule has 2 rings (SSSR count). The summed E-state index contributed by atoms with van der Waals surface area (Å²) >= 11 is 6.16. The number of benzene rings is 1. The predicted molar refractivity (Wildman–Crippen MR) is 113 cm³/mol. The average Bonchev–Trinajstić information content (AvgIpc) is 2.63. The van der Waals surface area contributed by atoms with Gasteiger partial charge in [-0.3, -0.25) is 9.59 Å². The molecule has 4 nitrogen and oxygen atoms in total. The number of para-hydroxylation sites is 1. The topological polar surface area (TPSA) is 51.1 Å². The highest BCUT2D eigenvalue weighted by atomic mass is 35.5. The number of carbonyl (C=O) groups excluding carboxylic acids is 1. The van der Waals surface area contributed by atoms with Gasteiger partial charge >= 0.3 is 0 Å². The molecule has 0 bridgehead atoms. The van der Waals surface area contributed by atoms with Gasteiger partial charge < -0.3 is 9.88 Å². The number of hydrogen-bond donors (Lipinski definition) is 1. The monoisotopic (exact) mass is 388 g/mol. The molecule has 2 aromatic rings. The minimum Gasteiger partial charge on any atom is -0.348 e. The first-order chi connectivity index (χ1) is 13.0. The van der Waals surface area contributed by atoms with Crippen LogP contribution in [0.1, 0.15) is 67.7 Å². The van der Waals surface area contributed by atoms with Gasteiger partial charge in [0.1, 0.15) is 5.56 Å². The standard InChI is InChI=1S/C22H29ClN2O2/c1-4-6-10-14-25-16(3)15-20(26)21(19(25)13-7-5-2)22(27)24-18-12-9-8-11-17(18)23/h8-9,11-12,15H,4-7,10,13-14H2,1-3H3,(H,24,27). The number of pyridine rings is 1. The smallest absolute Gasteiger partial charge is 0.261 e. The molecule has 0 radical (unpaired) electrons. The zero-order valence-corrected chi connectivity index (χ0v) is 17.2. The molecule has 1 aromatic heterocycles. The Labute approximate surface area is 166 Å². The van der Waals surface area contributed by atoms with Crippen LogP contribution in [0, 0.1) is 6.92 Å². The van der Waals surface area contributed by atoms with Crippen molar-refractivity contribution in [1.82, 2.24) is 4.57 Å². The third kappa shape index (κ3) is 5.46. The lowest BCUT2D eigenvalue weighted by molar-refractivity contribution is 0.102. The van der Waals surface area contributed by atoms with Gasteiger partial charge in [-0.2, -0.15) is 0 Å². The third-order valence-electron chi connectivity index (χ3n) is 4.73. The Morgan fingerprint density at radius 1 is 1.11 bits per heavy atom. The lowest BCUT2D eigenvalue weighted by atomic mass is 10.0. The van der Waals surface area contributed by atoms with E-state index in [1.165, 1.54) is 0 Å². The van der Waals surface area contributed by atoms with Crippen molar-refractivity contribution in [2.45, 2.75) is 65.8 Å². The Balaban J connectivity index is 2.45. The fourth-order valence-electron chi connectivity index (χ4n) is 3.26. The van der Waals surface area contributed by atoms with Gasteiger partial charge in [0, 0.05) is 24.0 Å². The largest absolute Gasteiger partial charge is 0.348 e. The number of unbranched alkanes of at least 4 members (excludes halogenated alkanes) is 3. The number of halogens is 1. The summed E-state index contributed by atoms with van der Waals surface area (Å²) in [7, 11) is 0. The van der Waals surface area contributed by atoms with Crippen LogP contribution in [-0.2, 0) is 13.0 Å². The minimum absolute atomic E-state index is 0.227. The van der Waals surface area contributed by atoms with Crippen molar-refractivity contribution in [1.29, 1.82) is 0 Å². The fourth-order valence-corrected chi connectivity index (χ4v) is 3.44. The van der Waals surface area contributed by atoms with Crippen LogP contribution >= 0.6 is 11.6 Å². The van der Waals surface area contributed by atoms with Gasteiger partial charge in [-0.05, 0) is 38.3 Å². The van der Waals surface area contributed by atoms with E-state index in [4.69, 9.17) is 11.6 Å². The van der Waals surface area contributed by atoms with Gasteiger partial charge in [0.2, 0.25) is 0 Å². The maximum atomic E-state index is 13.0. The number of nitrogens with one attached hydrogen (secondary N) is 1. The third-order valence-corrected chi connectivity index (χ3v) is 5.06. The Kier molecular flexibility index (Phi) is 8.11. The van der Waals surface area contributed by atoms with E-state index >= 15 is 0 Å². The van der Waals surface area contributed by atoms with Crippen molar-refractivity contribution in [2.24, 2.45) is 0 Å². The van der Waals surface area contributed by atoms with Gasteiger partial charge in [-0.25, -0.2) is 0 Å². The molecule has 0 saturated carbocycles. The van der Waals surface area contributed by atoms with Crippen LogP contribution in [0.3, 0.4) is 0 Å². The molecule has 1 amide bonds. The number of aryl methyl sites for hydroxylation is 1. The molecule has 1 aromatic carbocycles. The zero-order chi connectivity index (χ0) is 19.8. The van der Waals surface area contributed by atoms with E-state index in [0.29, 0.717) is 17.1 Å². The van der Waals surface area contributed by atoms with Crippen LogP contribution in [0.25, 0.3) is 0 Å². The number of amides is 1. The lowest BCUT2D eigenvalue weighted by Gasteiger charge is -2.20. The minimum atomic E-state index is -0.386. The van der Waals surface area contributed by atoms with E-state index < -0.39 is 0 Å². The van der Waals surface area contributed by atoms with Crippen molar-refractivity contribution in [3.05, 3.63) is 62.5 Å². The molecule has 0 atom stereocenters. The van der Waals surface area contributed by atoms with E-state index in [2.05, 4.69) is 23.7 Å². The Morgan fingerprint density at radius 3 is 2.48 bits per heavy atom. The maximum absolute atomic E-state index is 13.0. The molecule has 0 fully saturated rings. The summed E-state index contributed by atoms with van der Waals surface area (Å²) in [6.07, 6.45) is 5.94. The van der Waals surface area contributed by atoms with Crippen LogP contribution < -0.4 is 10.7 Å². The summed E-state index contributed by atoms with van der Waals surface area (Å²) in [6, 6.07) is 8.63. The summed E-state index contributed by atoms with van der Waals surface area (Å²) in [6.45, 7) is 7.04. The van der Waals surface area contributed by atoms with E-state index in [-0.39, 0.29) is 16.9 Å². The molecule has 0 unspecified atom stereocenters. The number of hydrogen-bond acceptors (Lipinski definition) is 2. The van der Waals surface area contributed by atoms with Crippen molar-refractivity contribution >= 4 is 23.2 Å². The molecule has 5 heteroatoms. The zero-order valence-electron chi connectivity index (χ0n) is 16.5. The van der Waals surface area contributed by atoms with Crippen LogP contribution in [-0.4, -0.2) is 10.5 Å². The second-order valence-electron chi connectivity index (χ2n) is 6.87. The summed E-state index contributed by atoms with van der Waals surface area (Å²) in [5.74, 6) is -0.386. The van der Waals surface area contributed by atoms with E-state index in [1.807, 2.05) is 6.92 Å². The molecule has 27 heavy (non-hydrogen) atoms. The van der Waals surface area contributed by atoms with E-state index in [9.17, 15) is 9.59 Å². The second kappa shape index (κ2) is 10.3. The molecule has 0 aliphatic rings. The SMILES string of the molecule is CCCCCn1c(C)cc(=O)c(C(=O)Nc2ccccc2Cl)c1CCCC. The summed E-state index contributed by atoms with van der Waals surface area (Å²) in [5, 5.41) is 3.27. The molecule has 1 heterocycles. The number of aromatic nitrogens is 1. The second-order valence-corrected chi connectivity index (χ2v) is 7.28. The van der Waals surface area contributed by atoms with Crippen molar-refractivity contribution in [3.8, 4) is 0 Å². The van der Waals surface area contributed by atoms with Gasteiger partial charge in [0.15, 0.2) is 5.43 Å². The summed E-state index contributed by atoms with van der Waals surface area (Å²) < 4.78 is 2.15. The summed E-state index contributed by atoms with van der Waals surface area (Å²) in [4.78, 5) is 25.7. The van der Waals surface area contributed by atoms with Gasteiger partial charge in [0.25, 0.3) is 5.91 Å². The lowest BCUT2D eigenvalue weighted by Crippen LogP contribution is -2.28. The van der Waals surface area contributed by atoms with Crippen molar-refractivity contribution < 1.29 is 4.79 Å². The molecule has 0 aliphatic heterocycles. The average molecular weight is 389 g/mol. The highest BCUT2D eigenvalue weighted by molar-refractivity contribution is 6.33. The Bertz CT molecular complexity index is 843.